The van der Waals surface area contributed by atoms with Crippen LogP contribution in [0.4, 0.5) is 0 Å². The van der Waals surface area contributed by atoms with Crippen molar-refractivity contribution >= 4 is 21.5 Å². The van der Waals surface area contributed by atoms with Gasteiger partial charge < -0.3 is 14.4 Å². The molecule has 1 saturated carbocycles. The Balaban J connectivity index is 1.94. The van der Waals surface area contributed by atoms with Crippen molar-refractivity contribution in [3.8, 4) is 11.3 Å². The van der Waals surface area contributed by atoms with Crippen molar-refractivity contribution in [3.63, 3.8) is 0 Å². The molecule has 0 saturated heterocycles. The van der Waals surface area contributed by atoms with Crippen molar-refractivity contribution in [1.29, 1.82) is 0 Å². The first-order valence-electron chi connectivity index (χ1n) is 12.9. The Morgan fingerprint density at radius 3 is 2.44 bits per heavy atom. The zero-order valence-corrected chi connectivity index (χ0v) is 23.6. The normalized spacial score (nSPS) is 15.1. The van der Waals surface area contributed by atoms with E-state index in [4.69, 9.17) is 14.7 Å². The zero-order chi connectivity index (χ0) is 28.6. The molecule has 1 aromatic carbocycles. The van der Waals surface area contributed by atoms with E-state index in [2.05, 4.69) is 9.99 Å². The highest BCUT2D eigenvalue weighted by Gasteiger charge is 2.23. The van der Waals surface area contributed by atoms with Crippen LogP contribution in [0.5, 0.6) is 0 Å². The summed E-state index contributed by atoms with van der Waals surface area (Å²) < 4.78 is 31.1. The van der Waals surface area contributed by atoms with Gasteiger partial charge in [0.2, 0.25) is 6.61 Å². The lowest BCUT2D eigenvalue weighted by molar-refractivity contribution is -0.757. The van der Waals surface area contributed by atoms with Crippen LogP contribution in [0.2, 0.25) is 0 Å². The predicted octanol–water partition coefficient (Wildman–Crippen LogP) is 4.51. The molecule has 2 aromatic rings. The summed E-state index contributed by atoms with van der Waals surface area (Å²) >= 11 is 0. The molecular weight excluding hydrogens is 528 g/mol. The van der Waals surface area contributed by atoms with Gasteiger partial charge in [-0.3, -0.25) is 4.68 Å². The first kappa shape index (κ1) is 30.1. The molecule has 3 rings (SSSR count). The summed E-state index contributed by atoms with van der Waals surface area (Å²) in [6, 6.07) is 8.62. The summed E-state index contributed by atoms with van der Waals surface area (Å²) in [5, 5.41) is 18.7. The lowest BCUT2D eigenvalue weighted by Crippen LogP contribution is -2.26. The number of sulfone groups is 1. The van der Waals surface area contributed by atoms with E-state index in [1.54, 1.807) is 45.0 Å². The van der Waals surface area contributed by atoms with Gasteiger partial charge in [-0.25, -0.2) is 13.2 Å². The molecule has 1 heterocycles. The number of nitrogens with zero attached hydrogens (tertiary/aromatic N) is 4. The number of ether oxygens (including phenoxy) is 1. The summed E-state index contributed by atoms with van der Waals surface area (Å²) in [6.45, 7) is 4.70. The number of esters is 1. The maximum Gasteiger partial charge on any atom is 0.347 e. The molecule has 0 bridgehead atoms. The fourth-order valence-electron chi connectivity index (χ4n) is 4.36. The predicted molar refractivity (Wildman–Crippen MR) is 143 cm³/mol. The van der Waals surface area contributed by atoms with Crippen LogP contribution in [0, 0.1) is 10.1 Å². The Morgan fingerprint density at radius 1 is 1.18 bits per heavy atom. The number of rotatable bonds is 12. The minimum atomic E-state index is -3.34. The quantitative estimate of drug-likeness (QED) is 0.119. The second kappa shape index (κ2) is 13.0. The van der Waals surface area contributed by atoms with E-state index < -0.39 is 33.1 Å². The average Bonchev–Trinajstić information content (AvgIpc) is 3.30. The molecule has 39 heavy (non-hydrogen) atoms. The monoisotopic (exact) mass is 564 g/mol. The second-order valence-electron chi connectivity index (χ2n) is 10.5. The third kappa shape index (κ3) is 9.34. The van der Waals surface area contributed by atoms with Gasteiger partial charge in [0, 0.05) is 6.26 Å². The van der Waals surface area contributed by atoms with Gasteiger partial charge in [-0.1, -0.05) is 36.6 Å². The summed E-state index contributed by atoms with van der Waals surface area (Å²) in [5.74, 6) is -0.582. The van der Waals surface area contributed by atoms with Crippen molar-refractivity contribution in [2.45, 2.75) is 82.3 Å². The fraction of sp³-hybridized carbons (Fsp3) is 0.577. The van der Waals surface area contributed by atoms with E-state index in [9.17, 15) is 23.3 Å². The van der Waals surface area contributed by atoms with Crippen molar-refractivity contribution in [2.75, 3.05) is 19.5 Å². The van der Waals surface area contributed by atoms with Gasteiger partial charge in [0.05, 0.1) is 23.2 Å². The van der Waals surface area contributed by atoms with Gasteiger partial charge in [0.1, 0.15) is 17.0 Å². The second-order valence-corrected chi connectivity index (χ2v) is 12.5. The molecule has 0 radical (unpaired) electrons. The van der Waals surface area contributed by atoms with Crippen LogP contribution >= 0.6 is 0 Å². The minimum Gasteiger partial charge on any atom is -0.457 e. The zero-order valence-electron chi connectivity index (χ0n) is 22.8. The first-order valence-corrected chi connectivity index (χ1v) is 14.8. The van der Waals surface area contributed by atoms with E-state index in [1.165, 1.54) is 0 Å². The standard InChI is InChI=1S/C26H36N4O8S/c1-26(2,3)38-25(31)18-36-28-22(11-8-16-37-30(32)33)23-17-24(29(27-23)20-9-6-5-7-10-20)19-12-14-21(15-13-19)39(4,34)35/h12-15,17,20H,5-11,16,18H2,1-4H3. The third-order valence-electron chi connectivity index (χ3n) is 6.06. The Bertz CT molecular complexity index is 1270. The fourth-order valence-corrected chi connectivity index (χ4v) is 4.99. The molecule has 13 heteroatoms. The molecule has 0 spiro atoms. The number of carbonyl (C=O) groups excluding carboxylic acids is 1. The van der Waals surface area contributed by atoms with Gasteiger partial charge in [0.15, 0.2) is 9.84 Å². The smallest absolute Gasteiger partial charge is 0.347 e. The molecule has 214 valence electrons. The minimum absolute atomic E-state index is 0.138. The van der Waals surface area contributed by atoms with Crippen LogP contribution in [0.25, 0.3) is 11.3 Å². The number of oxime groups is 1. The molecule has 0 unspecified atom stereocenters. The average molecular weight is 565 g/mol. The number of carbonyl (C=O) groups is 1. The highest BCUT2D eigenvalue weighted by atomic mass is 32.2. The van der Waals surface area contributed by atoms with E-state index in [0.717, 1.165) is 49.6 Å². The van der Waals surface area contributed by atoms with E-state index in [1.807, 2.05) is 10.7 Å². The molecule has 1 fully saturated rings. The summed E-state index contributed by atoms with van der Waals surface area (Å²) in [6.07, 6.45) is 6.89. The van der Waals surface area contributed by atoms with E-state index in [-0.39, 0.29) is 30.4 Å². The lowest BCUT2D eigenvalue weighted by atomic mass is 9.95. The summed E-state index contributed by atoms with van der Waals surface area (Å²) in [7, 11) is -3.34. The molecule has 0 N–H and O–H groups in total. The van der Waals surface area contributed by atoms with Crippen molar-refractivity contribution in [2.24, 2.45) is 5.16 Å². The molecule has 0 amide bonds. The highest BCUT2D eigenvalue weighted by Crippen LogP contribution is 2.33. The Hall–Kier alpha value is -3.48. The van der Waals surface area contributed by atoms with Crippen molar-refractivity contribution in [1.82, 2.24) is 9.78 Å². The largest absolute Gasteiger partial charge is 0.457 e. The number of hydrogen-bond donors (Lipinski definition) is 0. The number of aromatic nitrogens is 2. The lowest BCUT2D eigenvalue weighted by Gasteiger charge is -2.24. The van der Waals surface area contributed by atoms with Gasteiger partial charge in [-0.2, -0.15) is 5.10 Å². The Morgan fingerprint density at radius 2 is 1.85 bits per heavy atom. The maximum atomic E-state index is 12.1. The van der Waals surface area contributed by atoms with Gasteiger partial charge >= 0.3 is 5.97 Å². The number of hydrogen-bond acceptors (Lipinski definition) is 10. The summed E-state index contributed by atoms with van der Waals surface area (Å²) in [4.78, 5) is 32.6. The molecular formula is C26H36N4O8S. The van der Waals surface area contributed by atoms with Gasteiger partial charge in [-0.15, -0.1) is 10.1 Å². The topological polar surface area (TPSA) is 152 Å². The third-order valence-corrected chi connectivity index (χ3v) is 7.19. The van der Waals surface area contributed by atoms with Crippen LogP contribution in [0.3, 0.4) is 0 Å². The highest BCUT2D eigenvalue weighted by molar-refractivity contribution is 7.90. The molecule has 1 aromatic heterocycles. The molecule has 1 aliphatic carbocycles. The van der Waals surface area contributed by atoms with Crippen molar-refractivity contribution in [3.05, 3.63) is 46.1 Å². The maximum absolute atomic E-state index is 12.1. The van der Waals surface area contributed by atoms with Crippen LogP contribution in [-0.4, -0.2) is 60.0 Å². The van der Waals surface area contributed by atoms with E-state index in [0.29, 0.717) is 11.4 Å². The van der Waals surface area contributed by atoms with Gasteiger partial charge in [-0.05, 0) is 70.2 Å². The van der Waals surface area contributed by atoms with Crippen molar-refractivity contribution < 1.29 is 32.7 Å². The van der Waals surface area contributed by atoms with Crippen LogP contribution in [0.15, 0.2) is 40.4 Å². The molecule has 0 atom stereocenters. The van der Waals surface area contributed by atoms with E-state index >= 15 is 0 Å². The Kier molecular flexibility index (Phi) is 10.1. The Labute approximate surface area is 228 Å². The van der Waals surface area contributed by atoms with Gasteiger partial charge in [0.25, 0.3) is 5.09 Å². The SMILES string of the molecule is CC(C)(C)OC(=O)CON=C(CCCO[N+](=O)[O-])c1cc(-c2ccc(S(C)(=O)=O)cc2)n(C2CCCCC2)n1. The molecule has 1 aliphatic rings. The van der Waals surface area contributed by atoms with Crippen LogP contribution in [-0.2, 0) is 29.0 Å². The summed E-state index contributed by atoms with van der Waals surface area (Å²) in [5.41, 5.74) is 1.80. The van der Waals surface area contributed by atoms with Crippen LogP contribution < -0.4 is 0 Å². The number of benzene rings is 1. The molecule has 0 aliphatic heterocycles. The first-order chi connectivity index (χ1) is 18.3. The van der Waals surface area contributed by atoms with Crippen LogP contribution in [0.1, 0.15) is 77.5 Å². The molecule has 12 nitrogen and oxygen atoms in total.